The van der Waals surface area contributed by atoms with E-state index in [0.29, 0.717) is 18.9 Å². The molecule has 1 aromatic carbocycles. The average Bonchev–Trinajstić information content (AvgIpc) is 2.97. The fourth-order valence-corrected chi connectivity index (χ4v) is 4.22. The first-order valence-corrected chi connectivity index (χ1v) is 8.91. The molecule has 2 heterocycles. The third-order valence-electron chi connectivity index (χ3n) is 4.05. The van der Waals surface area contributed by atoms with Gasteiger partial charge in [-0.2, -0.15) is 4.31 Å². The van der Waals surface area contributed by atoms with Crippen LogP contribution in [0.2, 0.25) is 0 Å². The van der Waals surface area contributed by atoms with Gasteiger partial charge < -0.3 is 15.0 Å². The van der Waals surface area contributed by atoms with E-state index in [1.165, 1.54) is 22.8 Å². The number of halogens is 1. The quantitative estimate of drug-likeness (QED) is 0.588. The van der Waals surface area contributed by atoms with Crippen molar-refractivity contribution in [2.75, 3.05) is 31.1 Å². The summed E-state index contributed by atoms with van der Waals surface area (Å²) in [6, 6.07) is 4.65. The number of aryl methyl sites for hydroxylation is 1. The first-order valence-electron chi connectivity index (χ1n) is 7.47. The summed E-state index contributed by atoms with van der Waals surface area (Å²) in [5, 5.41) is 11.1. The van der Waals surface area contributed by atoms with Crippen LogP contribution in [0.15, 0.2) is 35.5 Å². The number of hydrogen-bond acceptors (Lipinski definition) is 6. The predicted molar refractivity (Wildman–Crippen MR) is 87.2 cm³/mol. The summed E-state index contributed by atoms with van der Waals surface area (Å²) in [7, 11) is -2.07. The summed E-state index contributed by atoms with van der Waals surface area (Å²) in [5.41, 5.74) is 0. The molecule has 0 bridgehead atoms. The molecule has 134 valence electrons. The largest absolute Gasteiger partial charge is 0.406 e. The predicted octanol–water partition coefficient (Wildman–Crippen LogP) is 0.978. The highest BCUT2D eigenvalue weighted by Crippen LogP contribution is 2.28. The number of imidazole rings is 1. The van der Waals surface area contributed by atoms with Gasteiger partial charge in [0.1, 0.15) is 5.82 Å². The van der Waals surface area contributed by atoms with Gasteiger partial charge >= 0.3 is 5.82 Å². The number of anilines is 1. The van der Waals surface area contributed by atoms with E-state index in [4.69, 9.17) is 0 Å². The molecule has 0 N–H and O–H groups in total. The Balaban J connectivity index is 1.77. The van der Waals surface area contributed by atoms with Crippen LogP contribution < -0.4 is 4.90 Å². The minimum Gasteiger partial charge on any atom is -0.358 e. The summed E-state index contributed by atoms with van der Waals surface area (Å²) in [6.07, 6.45) is 1.36. The molecular weight excluding hydrogens is 353 g/mol. The number of benzene rings is 1. The summed E-state index contributed by atoms with van der Waals surface area (Å²) in [4.78, 5) is 16.1. The molecule has 0 radical (unpaired) electrons. The van der Waals surface area contributed by atoms with Crippen molar-refractivity contribution in [2.24, 2.45) is 7.05 Å². The van der Waals surface area contributed by atoms with E-state index < -0.39 is 20.8 Å². The van der Waals surface area contributed by atoms with Crippen molar-refractivity contribution in [2.45, 2.75) is 4.90 Å². The number of hydrogen-bond donors (Lipinski definition) is 0. The van der Waals surface area contributed by atoms with E-state index in [1.807, 2.05) is 0 Å². The Bertz CT molecular complexity index is 888. The second-order valence-corrected chi connectivity index (χ2v) is 7.54. The fourth-order valence-electron chi connectivity index (χ4n) is 2.80. The first kappa shape index (κ1) is 17.3. The number of aromatic nitrogens is 2. The van der Waals surface area contributed by atoms with Crippen molar-refractivity contribution in [3.8, 4) is 0 Å². The molecule has 1 aromatic heterocycles. The molecule has 0 amide bonds. The zero-order chi connectivity index (χ0) is 18.2. The van der Waals surface area contributed by atoms with Crippen LogP contribution in [0, 0.1) is 15.9 Å². The summed E-state index contributed by atoms with van der Waals surface area (Å²) < 4.78 is 41.0. The lowest BCUT2D eigenvalue weighted by molar-refractivity contribution is -0.388. The molecule has 9 nitrogen and oxygen atoms in total. The van der Waals surface area contributed by atoms with Gasteiger partial charge in [0.2, 0.25) is 22.2 Å². The molecule has 1 aliphatic rings. The highest BCUT2D eigenvalue weighted by atomic mass is 32.2. The Kier molecular flexibility index (Phi) is 4.43. The molecule has 11 heteroatoms. The van der Waals surface area contributed by atoms with Gasteiger partial charge in [0, 0.05) is 33.2 Å². The number of nitrogens with zero attached hydrogens (tertiary/aromatic N) is 5. The minimum absolute atomic E-state index is 0.0221. The van der Waals surface area contributed by atoms with Crippen LogP contribution in [0.3, 0.4) is 0 Å². The van der Waals surface area contributed by atoms with Crippen molar-refractivity contribution in [3.63, 3.8) is 0 Å². The number of sulfonamides is 1. The highest BCUT2D eigenvalue weighted by molar-refractivity contribution is 7.89. The number of rotatable bonds is 4. The van der Waals surface area contributed by atoms with Crippen LogP contribution in [-0.4, -0.2) is 53.4 Å². The lowest BCUT2D eigenvalue weighted by atomic mass is 10.3. The SMILES string of the molecule is Cn1cnc([N+](=O)[O-])c1N1CCN(S(=O)(=O)c2ccc(F)cc2)CC1. The second-order valence-electron chi connectivity index (χ2n) is 5.60. The van der Waals surface area contributed by atoms with Crippen LogP contribution in [0.5, 0.6) is 0 Å². The summed E-state index contributed by atoms with van der Waals surface area (Å²) in [6.45, 7) is 0.922. The van der Waals surface area contributed by atoms with Crippen molar-refractivity contribution in [1.82, 2.24) is 13.9 Å². The molecule has 0 unspecified atom stereocenters. The van der Waals surface area contributed by atoms with Gasteiger partial charge in [-0.1, -0.05) is 0 Å². The second kappa shape index (κ2) is 6.41. The van der Waals surface area contributed by atoms with Crippen molar-refractivity contribution >= 4 is 21.7 Å². The number of nitro groups is 1. The Morgan fingerprint density at radius 3 is 2.32 bits per heavy atom. The van der Waals surface area contributed by atoms with Gasteiger partial charge in [-0.25, -0.2) is 12.8 Å². The normalized spacial score (nSPS) is 16.2. The molecule has 0 atom stereocenters. The molecule has 0 saturated carbocycles. The van der Waals surface area contributed by atoms with Gasteiger partial charge in [0.05, 0.1) is 4.90 Å². The average molecular weight is 369 g/mol. The van der Waals surface area contributed by atoms with Gasteiger partial charge in [-0.3, -0.25) is 4.57 Å². The maximum absolute atomic E-state index is 13.0. The molecule has 3 rings (SSSR count). The maximum atomic E-state index is 13.0. The van der Waals surface area contributed by atoms with E-state index in [-0.39, 0.29) is 23.8 Å². The van der Waals surface area contributed by atoms with Crippen LogP contribution in [0.25, 0.3) is 0 Å². The lowest BCUT2D eigenvalue weighted by Crippen LogP contribution is -2.49. The Morgan fingerprint density at radius 1 is 1.16 bits per heavy atom. The maximum Gasteiger partial charge on any atom is 0.406 e. The number of piperazine rings is 1. The van der Waals surface area contributed by atoms with Crippen LogP contribution >= 0.6 is 0 Å². The van der Waals surface area contributed by atoms with Crippen LogP contribution in [0.1, 0.15) is 0 Å². The summed E-state index contributed by atoms with van der Waals surface area (Å²) in [5.74, 6) is -0.409. The fraction of sp³-hybridized carbons (Fsp3) is 0.357. The molecule has 1 fully saturated rings. The monoisotopic (exact) mass is 369 g/mol. The van der Waals surface area contributed by atoms with E-state index in [2.05, 4.69) is 4.98 Å². The van der Waals surface area contributed by atoms with Gasteiger partial charge in [-0.05, 0) is 34.2 Å². The molecule has 2 aromatic rings. The third kappa shape index (κ3) is 3.20. The molecule has 0 aliphatic carbocycles. The standard InChI is InChI=1S/C14H16FN5O4S/c1-17-10-16-13(20(21)22)14(17)18-6-8-19(9-7-18)25(23,24)12-4-2-11(15)3-5-12/h2-5,10H,6-9H2,1H3. The molecule has 1 saturated heterocycles. The van der Waals surface area contributed by atoms with Crippen molar-refractivity contribution < 1.29 is 17.7 Å². The summed E-state index contributed by atoms with van der Waals surface area (Å²) >= 11 is 0. The minimum atomic E-state index is -3.72. The Labute approximate surface area is 143 Å². The van der Waals surface area contributed by atoms with Gasteiger partial charge in [0.25, 0.3) is 0 Å². The zero-order valence-electron chi connectivity index (χ0n) is 13.4. The lowest BCUT2D eigenvalue weighted by Gasteiger charge is -2.34. The topological polar surface area (TPSA) is 102 Å². The molecule has 0 spiro atoms. The Morgan fingerprint density at radius 2 is 1.76 bits per heavy atom. The van der Waals surface area contributed by atoms with Crippen LogP contribution in [0.4, 0.5) is 16.0 Å². The van der Waals surface area contributed by atoms with E-state index in [1.54, 1.807) is 16.5 Å². The van der Waals surface area contributed by atoms with E-state index >= 15 is 0 Å². The van der Waals surface area contributed by atoms with Gasteiger partial charge in [0.15, 0.2) is 0 Å². The third-order valence-corrected chi connectivity index (χ3v) is 5.96. The Hall–Kier alpha value is -2.53. The molecule has 25 heavy (non-hydrogen) atoms. The zero-order valence-corrected chi connectivity index (χ0v) is 14.2. The molecular formula is C14H16FN5O4S. The van der Waals surface area contributed by atoms with Gasteiger partial charge in [-0.15, -0.1) is 0 Å². The first-order chi connectivity index (χ1) is 11.8. The van der Waals surface area contributed by atoms with Crippen molar-refractivity contribution in [3.05, 3.63) is 46.5 Å². The molecule has 1 aliphatic heterocycles. The highest BCUT2D eigenvalue weighted by Gasteiger charge is 2.32. The smallest absolute Gasteiger partial charge is 0.358 e. The van der Waals surface area contributed by atoms with E-state index in [9.17, 15) is 22.9 Å². The van der Waals surface area contributed by atoms with Crippen molar-refractivity contribution in [1.29, 1.82) is 0 Å². The van der Waals surface area contributed by atoms with E-state index in [0.717, 1.165) is 12.1 Å². The van der Waals surface area contributed by atoms with Crippen LogP contribution in [-0.2, 0) is 17.1 Å².